The van der Waals surface area contributed by atoms with Crippen LogP contribution in [-0.2, 0) is 4.79 Å². The minimum absolute atomic E-state index is 0.109. The zero-order valence-corrected chi connectivity index (χ0v) is 16.7. The van der Waals surface area contributed by atoms with Crippen LogP contribution in [0.5, 0.6) is 5.75 Å². The molecule has 30 heavy (non-hydrogen) atoms. The van der Waals surface area contributed by atoms with E-state index in [4.69, 9.17) is 4.74 Å². The van der Waals surface area contributed by atoms with E-state index in [1.54, 1.807) is 6.08 Å². The molecule has 4 rings (SSSR count). The summed E-state index contributed by atoms with van der Waals surface area (Å²) in [6.07, 6.45) is 1.84. The highest BCUT2D eigenvalue weighted by Gasteiger charge is 2.34. The number of fused-ring (bicyclic) bond motifs is 1. The highest BCUT2D eigenvalue weighted by molar-refractivity contribution is 7.15. The number of amides is 1. The van der Waals surface area contributed by atoms with Gasteiger partial charge >= 0.3 is 5.97 Å². The number of anilines is 1. The average molecular weight is 423 g/mol. The fourth-order valence-corrected chi connectivity index (χ4v) is 4.82. The van der Waals surface area contributed by atoms with Crippen LogP contribution in [-0.4, -0.2) is 23.6 Å². The number of carbonyl (C=O) groups is 2. The highest BCUT2D eigenvalue weighted by atomic mass is 32.1. The lowest BCUT2D eigenvalue weighted by Gasteiger charge is -2.24. The van der Waals surface area contributed by atoms with E-state index in [9.17, 15) is 19.1 Å². The molecule has 5 nitrogen and oxygen atoms in total. The summed E-state index contributed by atoms with van der Waals surface area (Å²) in [7, 11) is 0. The summed E-state index contributed by atoms with van der Waals surface area (Å²) in [5.41, 5.74) is 2.27. The third-order valence-corrected chi connectivity index (χ3v) is 6.15. The van der Waals surface area contributed by atoms with Gasteiger partial charge in [0.15, 0.2) is 0 Å². The monoisotopic (exact) mass is 423 g/mol. The van der Waals surface area contributed by atoms with Crippen molar-refractivity contribution in [3.05, 3.63) is 82.3 Å². The van der Waals surface area contributed by atoms with Gasteiger partial charge < -0.3 is 15.2 Å². The van der Waals surface area contributed by atoms with Crippen LogP contribution in [0, 0.1) is 5.82 Å². The van der Waals surface area contributed by atoms with Gasteiger partial charge in [0.05, 0.1) is 5.69 Å². The first kappa shape index (κ1) is 19.8. The maximum Gasteiger partial charge on any atom is 0.346 e. The van der Waals surface area contributed by atoms with Crippen LogP contribution < -0.4 is 10.1 Å². The number of carboxylic acids is 1. The number of aromatic carboxylic acids is 1. The molecule has 152 valence electrons. The second-order valence-electron chi connectivity index (χ2n) is 6.83. The van der Waals surface area contributed by atoms with Gasteiger partial charge in [-0.05, 0) is 35.4 Å². The molecule has 1 aliphatic rings. The molecular weight excluding hydrogens is 405 g/mol. The van der Waals surface area contributed by atoms with Crippen molar-refractivity contribution in [1.82, 2.24) is 0 Å². The fourth-order valence-electron chi connectivity index (χ4n) is 3.57. The number of carbonyl (C=O) groups excluding carboxylic acids is 1. The van der Waals surface area contributed by atoms with Crippen molar-refractivity contribution in [1.29, 1.82) is 0 Å². The Kier molecular flexibility index (Phi) is 5.37. The molecule has 0 unspecified atom stereocenters. The average Bonchev–Trinajstić information content (AvgIpc) is 3.12. The predicted molar refractivity (Wildman–Crippen MR) is 114 cm³/mol. The Labute approximate surface area is 176 Å². The number of ether oxygens (including phenoxy) is 1. The SMILES string of the molecule is C=CCOc1cccc([C@@H]2CC(=O)Nc3c2sc(C(=O)O)c3-c2ccc(F)cc2)c1. The van der Waals surface area contributed by atoms with Crippen LogP contribution in [0.3, 0.4) is 0 Å². The molecule has 0 aliphatic carbocycles. The van der Waals surface area contributed by atoms with Crippen molar-refractivity contribution < 1.29 is 23.8 Å². The number of carboxylic acid groups (broad SMARTS) is 1. The van der Waals surface area contributed by atoms with E-state index in [1.165, 1.54) is 24.3 Å². The number of thiophene rings is 1. The summed E-state index contributed by atoms with van der Waals surface area (Å²) >= 11 is 1.13. The number of hydrogen-bond acceptors (Lipinski definition) is 4. The number of halogens is 1. The summed E-state index contributed by atoms with van der Waals surface area (Å²) in [6, 6.07) is 13.0. The van der Waals surface area contributed by atoms with Crippen LogP contribution in [0.2, 0.25) is 0 Å². The molecule has 0 fully saturated rings. The van der Waals surface area contributed by atoms with E-state index >= 15 is 0 Å². The van der Waals surface area contributed by atoms with E-state index in [1.807, 2.05) is 24.3 Å². The van der Waals surface area contributed by atoms with Gasteiger partial charge in [0.1, 0.15) is 23.1 Å². The van der Waals surface area contributed by atoms with Crippen LogP contribution in [0.15, 0.2) is 61.2 Å². The highest BCUT2D eigenvalue weighted by Crippen LogP contribution is 2.49. The number of hydrogen-bond donors (Lipinski definition) is 2. The Balaban J connectivity index is 1.85. The number of rotatable bonds is 6. The van der Waals surface area contributed by atoms with Gasteiger partial charge in [0.2, 0.25) is 5.91 Å². The Morgan fingerprint density at radius 1 is 1.30 bits per heavy atom. The summed E-state index contributed by atoms with van der Waals surface area (Å²) in [6.45, 7) is 3.99. The van der Waals surface area contributed by atoms with Crippen molar-refractivity contribution in [3.63, 3.8) is 0 Å². The molecule has 1 atom stereocenters. The second-order valence-corrected chi connectivity index (χ2v) is 7.89. The first-order chi connectivity index (χ1) is 14.5. The molecule has 1 aromatic heterocycles. The van der Waals surface area contributed by atoms with Crippen molar-refractivity contribution in [2.75, 3.05) is 11.9 Å². The van der Waals surface area contributed by atoms with E-state index < -0.39 is 11.8 Å². The Hall–Kier alpha value is -3.45. The maximum absolute atomic E-state index is 13.4. The normalized spacial score (nSPS) is 15.2. The van der Waals surface area contributed by atoms with E-state index in [2.05, 4.69) is 11.9 Å². The Morgan fingerprint density at radius 2 is 2.07 bits per heavy atom. The molecule has 7 heteroatoms. The molecule has 0 bridgehead atoms. The summed E-state index contributed by atoms with van der Waals surface area (Å²) in [4.78, 5) is 25.4. The van der Waals surface area contributed by atoms with Crippen LogP contribution in [0.25, 0.3) is 11.1 Å². The van der Waals surface area contributed by atoms with E-state index in [0.29, 0.717) is 29.2 Å². The van der Waals surface area contributed by atoms with Gasteiger partial charge in [-0.25, -0.2) is 9.18 Å². The second kappa shape index (κ2) is 8.12. The number of benzene rings is 2. The molecule has 3 aromatic rings. The molecule has 0 saturated carbocycles. The zero-order chi connectivity index (χ0) is 21.3. The molecule has 1 aliphatic heterocycles. The molecular formula is C23H18FNO4S. The minimum Gasteiger partial charge on any atom is -0.490 e. The van der Waals surface area contributed by atoms with Gasteiger partial charge in [0, 0.05) is 22.8 Å². The summed E-state index contributed by atoms with van der Waals surface area (Å²) < 4.78 is 19.0. The van der Waals surface area contributed by atoms with Gasteiger partial charge in [0.25, 0.3) is 0 Å². The standard InChI is InChI=1S/C23H18FNO4S/c1-2-10-29-16-5-3-4-14(11-16)17-12-18(26)25-20-19(13-6-8-15(24)9-7-13)22(23(27)28)30-21(17)20/h2-9,11,17H,1,10,12H2,(H,25,26)(H,27,28)/t17-/m0/s1. The first-order valence-corrected chi connectivity index (χ1v) is 10.1. The zero-order valence-electron chi connectivity index (χ0n) is 15.9. The van der Waals surface area contributed by atoms with Gasteiger partial charge in [-0.3, -0.25) is 4.79 Å². The lowest BCUT2D eigenvalue weighted by atomic mass is 9.88. The van der Waals surface area contributed by atoms with Crippen molar-refractivity contribution in [2.45, 2.75) is 12.3 Å². The van der Waals surface area contributed by atoms with E-state index in [-0.39, 0.29) is 23.1 Å². The summed E-state index contributed by atoms with van der Waals surface area (Å²) in [5, 5.41) is 12.6. The Morgan fingerprint density at radius 3 is 2.77 bits per heavy atom. The van der Waals surface area contributed by atoms with Gasteiger partial charge in [-0.2, -0.15) is 0 Å². The van der Waals surface area contributed by atoms with Gasteiger partial charge in [-0.15, -0.1) is 11.3 Å². The molecule has 0 spiro atoms. The molecule has 0 radical (unpaired) electrons. The maximum atomic E-state index is 13.4. The predicted octanol–water partition coefficient (Wildman–Crippen LogP) is 5.29. The third-order valence-electron chi connectivity index (χ3n) is 4.86. The summed E-state index contributed by atoms with van der Waals surface area (Å²) in [5.74, 6) is -1.38. The smallest absolute Gasteiger partial charge is 0.346 e. The molecule has 0 saturated heterocycles. The largest absolute Gasteiger partial charge is 0.490 e. The van der Waals surface area contributed by atoms with Crippen LogP contribution in [0.4, 0.5) is 10.1 Å². The topological polar surface area (TPSA) is 75.6 Å². The lowest BCUT2D eigenvalue weighted by Crippen LogP contribution is -2.22. The first-order valence-electron chi connectivity index (χ1n) is 9.27. The lowest BCUT2D eigenvalue weighted by molar-refractivity contribution is -0.116. The third kappa shape index (κ3) is 3.71. The quantitative estimate of drug-likeness (QED) is 0.528. The van der Waals surface area contributed by atoms with Crippen molar-refractivity contribution in [3.8, 4) is 16.9 Å². The van der Waals surface area contributed by atoms with Crippen molar-refractivity contribution >= 4 is 28.9 Å². The van der Waals surface area contributed by atoms with Crippen molar-refractivity contribution in [2.24, 2.45) is 0 Å². The van der Waals surface area contributed by atoms with E-state index in [0.717, 1.165) is 21.8 Å². The Bertz CT molecular complexity index is 1140. The molecule has 2 heterocycles. The molecule has 2 aromatic carbocycles. The van der Waals surface area contributed by atoms with Gasteiger partial charge in [-0.1, -0.05) is 36.9 Å². The minimum atomic E-state index is -1.09. The molecule has 2 N–H and O–H groups in total. The van der Waals surface area contributed by atoms with Crippen LogP contribution >= 0.6 is 11.3 Å². The number of nitrogens with one attached hydrogen (secondary N) is 1. The fraction of sp³-hybridized carbons (Fsp3) is 0.130. The molecule has 1 amide bonds. The van der Waals surface area contributed by atoms with Crippen LogP contribution in [0.1, 0.15) is 32.5 Å².